The van der Waals surface area contributed by atoms with E-state index < -0.39 is 23.8 Å². The molecular formula is C23H25N3O5. The largest absolute Gasteiger partial charge is 0.462 e. The van der Waals surface area contributed by atoms with Crippen molar-refractivity contribution in [2.24, 2.45) is 0 Å². The highest BCUT2D eigenvalue weighted by Gasteiger charge is 2.38. The highest BCUT2D eigenvalue weighted by atomic mass is 16.5. The minimum Gasteiger partial charge on any atom is -0.462 e. The van der Waals surface area contributed by atoms with Gasteiger partial charge in [-0.1, -0.05) is 30.3 Å². The first-order valence-electron chi connectivity index (χ1n) is 9.91. The molecule has 3 rings (SSSR count). The van der Waals surface area contributed by atoms with E-state index in [9.17, 15) is 19.2 Å². The number of aromatic nitrogens is 1. The van der Waals surface area contributed by atoms with Crippen molar-refractivity contribution < 1.29 is 23.9 Å². The van der Waals surface area contributed by atoms with Crippen molar-refractivity contribution in [1.29, 1.82) is 0 Å². The number of ether oxygens (including phenoxy) is 1. The Hall–Kier alpha value is -3.68. The van der Waals surface area contributed by atoms with E-state index in [1.807, 2.05) is 34.9 Å². The van der Waals surface area contributed by atoms with Gasteiger partial charge in [0.1, 0.15) is 5.57 Å². The van der Waals surface area contributed by atoms with E-state index in [2.05, 4.69) is 0 Å². The number of nitrogens with zero attached hydrogens (tertiary/aromatic N) is 3. The molecule has 0 unspecified atom stereocenters. The van der Waals surface area contributed by atoms with Crippen LogP contribution in [0.2, 0.25) is 0 Å². The molecule has 8 heteroatoms. The summed E-state index contributed by atoms with van der Waals surface area (Å²) in [4.78, 5) is 51.9. The molecule has 162 valence electrons. The lowest BCUT2D eigenvalue weighted by molar-refractivity contribution is -0.134. The van der Waals surface area contributed by atoms with E-state index in [0.29, 0.717) is 29.1 Å². The van der Waals surface area contributed by atoms with Gasteiger partial charge in [0.05, 0.1) is 12.2 Å². The Bertz CT molecular complexity index is 1070. The van der Waals surface area contributed by atoms with E-state index in [1.165, 1.54) is 20.2 Å². The third kappa shape index (κ3) is 3.88. The minimum atomic E-state index is -0.688. The van der Waals surface area contributed by atoms with Crippen LogP contribution >= 0.6 is 0 Å². The number of urea groups is 1. The number of carbonyl (C=O) groups is 4. The lowest BCUT2D eigenvalue weighted by Crippen LogP contribution is -2.53. The first kappa shape index (κ1) is 22.0. The van der Waals surface area contributed by atoms with Crippen molar-refractivity contribution in [2.75, 3.05) is 20.7 Å². The molecule has 1 saturated heterocycles. The zero-order valence-corrected chi connectivity index (χ0v) is 18.3. The van der Waals surface area contributed by atoms with E-state index in [-0.39, 0.29) is 12.2 Å². The fraction of sp³-hybridized carbons (Fsp3) is 0.304. The van der Waals surface area contributed by atoms with Crippen LogP contribution < -0.4 is 0 Å². The summed E-state index contributed by atoms with van der Waals surface area (Å²) in [5.41, 5.74) is 3.05. The molecule has 1 aliphatic heterocycles. The standard InChI is InChI=1S/C23H25N3O5/c1-6-31-22(29)19-14(2)18(26(15(19)3)13-16-10-8-7-9-11-16)12-17-20(27)24(4)23(30)25(5)21(17)28/h7-12H,6,13H2,1-5H3. The van der Waals surface area contributed by atoms with Crippen molar-refractivity contribution >= 4 is 29.9 Å². The average Bonchev–Trinajstić information content (AvgIpc) is 2.98. The van der Waals surface area contributed by atoms with Gasteiger partial charge >= 0.3 is 12.0 Å². The summed E-state index contributed by atoms with van der Waals surface area (Å²) in [7, 11) is 2.65. The molecule has 0 bridgehead atoms. The molecule has 1 aromatic heterocycles. The van der Waals surface area contributed by atoms with Crippen molar-refractivity contribution in [1.82, 2.24) is 14.4 Å². The van der Waals surface area contributed by atoms with Gasteiger partial charge in [0, 0.05) is 32.0 Å². The Morgan fingerprint density at radius 1 is 1.00 bits per heavy atom. The third-order valence-corrected chi connectivity index (χ3v) is 5.40. The van der Waals surface area contributed by atoms with Crippen molar-refractivity contribution in [3.8, 4) is 0 Å². The molecule has 1 fully saturated rings. The summed E-state index contributed by atoms with van der Waals surface area (Å²) in [6, 6.07) is 8.95. The van der Waals surface area contributed by atoms with Gasteiger partial charge in [0.25, 0.3) is 11.8 Å². The molecule has 0 spiro atoms. The Kier molecular flexibility index (Phi) is 6.10. The second-order valence-corrected chi connectivity index (χ2v) is 7.33. The van der Waals surface area contributed by atoms with E-state index in [0.717, 1.165) is 15.4 Å². The predicted octanol–water partition coefficient (Wildman–Crippen LogP) is 2.76. The first-order valence-corrected chi connectivity index (χ1v) is 9.91. The molecule has 1 aliphatic rings. The number of esters is 1. The summed E-state index contributed by atoms with van der Waals surface area (Å²) in [5, 5.41) is 0. The fourth-order valence-electron chi connectivity index (χ4n) is 3.69. The SMILES string of the molecule is CCOC(=O)c1c(C)c(C=C2C(=O)N(C)C(=O)N(C)C2=O)n(Cc2ccccc2)c1C. The molecule has 8 nitrogen and oxygen atoms in total. The molecule has 0 aliphatic carbocycles. The molecule has 1 aromatic carbocycles. The molecular weight excluding hydrogens is 398 g/mol. The maximum Gasteiger partial charge on any atom is 0.340 e. The highest BCUT2D eigenvalue weighted by molar-refractivity contribution is 6.30. The van der Waals surface area contributed by atoms with E-state index in [1.54, 1.807) is 20.8 Å². The van der Waals surface area contributed by atoms with Crippen LogP contribution in [0.25, 0.3) is 6.08 Å². The summed E-state index contributed by atoms with van der Waals surface area (Å²) < 4.78 is 7.10. The number of likely N-dealkylation sites (N-methyl/N-ethyl adjacent to an activating group) is 2. The maximum atomic E-state index is 12.7. The monoisotopic (exact) mass is 423 g/mol. The topological polar surface area (TPSA) is 88.9 Å². The molecule has 0 radical (unpaired) electrons. The summed E-state index contributed by atoms with van der Waals surface area (Å²) >= 11 is 0. The van der Waals surface area contributed by atoms with Gasteiger partial charge in [-0.3, -0.25) is 19.4 Å². The molecule has 0 saturated carbocycles. The molecule has 0 N–H and O–H groups in total. The van der Waals surface area contributed by atoms with Crippen LogP contribution in [0.3, 0.4) is 0 Å². The Morgan fingerprint density at radius 2 is 1.58 bits per heavy atom. The Morgan fingerprint density at radius 3 is 2.13 bits per heavy atom. The quantitative estimate of drug-likeness (QED) is 0.419. The van der Waals surface area contributed by atoms with Gasteiger partial charge in [0.15, 0.2) is 0 Å². The molecule has 4 amide bonds. The van der Waals surface area contributed by atoms with Crippen LogP contribution in [0.5, 0.6) is 0 Å². The second-order valence-electron chi connectivity index (χ2n) is 7.33. The van der Waals surface area contributed by atoms with Gasteiger partial charge in [-0.2, -0.15) is 0 Å². The van der Waals surface area contributed by atoms with E-state index >= 15 is 0 Å². The average molecular weight is 423 g/mol. The molecule has 0 atom stereocenters. The summed E-state index contributed by atoms with van der Waals surface area (Å²) in [5.74, 6) is -1.83. The number of barbiturate groups is 1. The van der Waals surface area contributed by atoms with E-state index in [4.69, 9.17) is 4.74 Å². The number of hydrogen-bond donors (Lipinski definition) is 0. The third-order valence-electron chi connectivity index (χ3n) is 5.40. The van der Waals surface area contributed by atoms with Gasteiger partial charge < -0.3 is 9.30 Å². The molecule has 2 heterocycles. The summed E-state index contributed by atoms with van der Waals surface area (Å²) in [6.45, 7) is 5.94. The predicted molar refractivity (Wildman–Crippen MR) is 114 cm³/mol. The normalized spacial score (nSPS) is 14.4. The van der Waals surface area contributed by atoms with Gasteiger partial charge in [0.2, 0.25) is 0 Å². The molecule has 2 aromatic rings. The van der Waals surface area contributed by atoms with Crippen molar-refractivity contribution in [2.45, 2.75) is 27.3 Å². The number of hydrogen-bond acceptors (Lipinski definition) is 5. The van der Waals surface area contributed by atoms with Crippen LogP contribution in [-0.2, 0) is 20.9 Å². The van der Waals surface area contributed by atoms with Gasteiger partial charge in [-0.15, -0.1) is 0 Å². The number of benzene rings is 1. The fourth-order valence-corrected chi connectivity index (χ4v) is 3.69. The van der Waals surface area contributed by atoms with Crippen LogP contribution in [0.4, 0.5) is 4.79 Å². The highest BCUT2D eigenvalue weighted by Crippen LogP contribution is 2.28. The lowest BCUT2D eigenvalue weighted by atomic mass is 10.1. The summed E-state index contributed by atoms with van der Waals surface area (Å²) in [6.07, 6.45) is 1.46. The Balaban J connectivity index is 2.20. The van der Waals surface area contributed by atoms with Crippen molar-refractivity contribution in [3.63, 3.8) is 0 Å². The number of rotatable bonds is 5. The number of imide groups is 2. The Labute approximate surface area is 180 Å². The van der Waals surface area contributed by atoms with Gasteiger partial charge in [-0.05, 0) is 38.0 Å². The van der Waals surface area contributed by atoms with Crippen LogP contribution in [0.15, 0.2) is 35.9 Å². The zero-order valence-electron chi connectivity index (χ0n) is 18.3. The smallest absolute Gasteiger partial charge is 0.340 e. The minimum absolute atomic E-state index is 0.144. The maximum absolute atomic E-state index is 12.7. The van der Waals surface area contributed by atoms with Crippen LogP contribution in [0, 0.1) is 13.8 Å². The van der Waals surface area contributed by atoms with Crippen LogP contribution in [-0.4, -0.2) is 58.9 Å². The van der Waals surface area contributed by atoms with Gasteiger partial charge in [-0.25, -0.2) is 9.59 Å². The first-order chi connectivity index (χ1) is 14.7. The number of carbonyl (C=O) groups excluding carboxylic acids is 4. The van der Waals surface area contributed by atoms with Crippen LogP contribution in [0.1, 0.15) is 39.8 Å². The van der Waals surface area contributed by atoms with Crippen molar-refractivity contribution in [3.05, 3.63) is 64.0 Å². The molecule has 31 heavy (non-hydrogen) atoms. The lowest BCUT2D eigenvalue weighted by Gasteiger charge is -2.29. The number of amides is 4. The second kappa shape index (κ2) is 8.59. The zero-order chi connectivity index (χ0) is 22.9.